The molecule has 0 unspecified atom stereocenters. The first-order valence-corrected chi connectivity index (χ1v) is 5.97. The van der Waals surface area contributed by atoms with Crippen molar-refractivity contribution >= 4 is 0 Å². The summed E-state index contributed by atoms with van der Waals surface area (Å²) in [6.07, 6.45) is 5.13. The summed E-state index contributed by atoms with van der Waals surface area (Å²) in [6, 6.07) is 4.71. The second kappa shape index (κ2) is 4.35. The zero-order valence-corrected chi connectivity index (χ0v) is 10.7. The smallest absolute Gasteiger partial charge is 0.165 e. The van der Waals surface area contributed by atoms with Crippen molar-refractivity contribution in [1.82, 2.24) is 19.5 Å². The van der Waals surface area contributed by atoms with Gasteiger partial charge in [-0.2, -0.15) is 0 Å². The van der Waals surface area contributed by atoms with Crippen LogP contribution in [0.1, 0.15) is 11.3 Å². The molecule has 96 valence electrons. The number of H-pyrrole nitrogens is 1. The van der Waals surface area contributed by atoms with Gasteiger partial charge in [0.15, 0.2) is 5.82 Å². The van der Waals surface area contributed by atoms with Gasteiger partial charge in [0.2, 0.25) is 0 Å². The van der Waals surface area contributed by atoms with Gasteiger partial charge in [0.1, 0.15) is 11.5 Å². The molecule has 19 heavy (non-hydrogen) atoms. The van der Waals surface area contributed by atoms with Crippen LogP contribution < -0.4 is 0 Å². The minimum atomic E-state index is -0.265. The SMILES string of the molecule is Cc1ccc(F)cc1-n1ccnc1-c1nc[nH]c1C. The van der Waals surface area contributed by atoms with Crippen LogP contribution in [-0.4, -0.2) is 19.5 Å². The average molecular weight is 256 g/mol. The number of hydrogen-bond donors (Lipinski definition) is 1. The molecule has 0 bridgehead atoms. The average Bonchev–Trinajstić information content (AvgIpc) is 3.00. The summed E-state index contributed by atoms with van der Waals surface area (Å²) in [5.41, 5.74) is 3.46. The maximum Gasteiger partial charge on any atom is 0.165 e. The number of imidazole rings is 2. The predicted octanol–water partition coefficient (Wildman–Crippen LogP) is 3.02. The molecule has 0 saturated heterocycles. The van der Waals surface area contributed by atoms with E-state index in [4.69, 9.17) is 0 Å². The number of aromatic amines is 1. The molecule has 0 spiro atoms. The molecule has 0 saturated carbocycles. The Morgan fingerprint density at radius 1 is 1.21 bits per heavy atom. The van der Waals surface area contributed by atoms with Gasteiger partial charge in [0.05, 0.1) is 12.0 Å². The van der Waals surface area contributed by atoms with Crippen LogP contribution in [0.2, 0.25) is 0 Å². The zero-order valence-electron chi connectivity index (χ0n) is 10.7. The fourth-order valence-electron chi connectivity index (χ4n) is 2.10. The quantitative estimate of drug-likeness (QED) is 0.766. The van der Waals surface area contributed by atoms with Gasteiger partial charge in [-0.25, -0.2) is 14.4 Å². The normalized spacial score (nSPS) is 10.9. The van der Waals surface area contributed by atoms with Crippen molar-refractivity contribution in [3.05, 3.63) is 54.0 Å². The van der Waals surface area contributed by atoms with E-state index in [1.807, 2.05) is 24.6 Å². The second-order valence-corrected chi connectivity index (χ2v) is 4.43. The van der Waals surface area contributed by atoms with E-state index in [0.29, 0.717) is 5.82 Å². The lowest BCUT2D eigenvalue weighted by atomic mass is 10.2. The Morgan fingerprint density at radius 2 is 2.05 bits per heavy atom. The molecular formula is C14H13FN4. The van der Waals surface area contributed by atoms with Gasteiger partial charge in [-0.3, -0.25) is 4.57 Å². The van der Waals surface area contributed by atoms with Crippen LogP contribution in [0.25, 0.3) is 17.2 Å². The number of aromatic nitrogens is 4. The van der Waals surface area contributed by atoms with Gasteiger partial charge in [-0.05, 0) is 31.5 Å². The van der Waals surface area contributed by atoms with E-state index in [1.165, 1.54) is 12.1 Å². The van der Waals surface area contributed by atoms with Crippen LogP contribution in [0.5, 0.6) is 0 Å². The van der Waals surface area contributed by atoms with Crippen molar-refractivity contribution < 1.29 is 4.39 Å². The Balaban J connectivity index is 2.20. The molecule has 3 rings (SSSR count). The lowest BCUT2D eigenvalue weighted by Crippen LogP contribution is -2.00. The maximum absolute atomic E-state index is 13.4. The number of nitrogens with one attached hydrogen (secondary N) is 1. The number of aryl methyl sites for hydroxylation is 2. The van der Waals surface area contributed by atoms with Crippen molar-refractivity contribution in [1.29, 1.82) is 0 Å². The molecule has 3 aromatic rings. The summed E-state index contributed by atoms with van der Waals surface area (Å²) in [6.45, 7) is 3.87. The summed E-state index contributed by atoms with van der Waals surface area (Å²) >= 11 is 0. The van der Waals surface area contributed by atoms with E-state index in [1.54, 1.807) is 18.6 Å². The third kappa shape index (κ3) is 1.93. The second-order valence-electron chi connectivity index (χ2n) is 4.43. The summed E-state index contributed by atoms with van der Waals surface area (Å²) in [4.78, 5) is 11.6. The molecule has 0 amide bonds. The van der Waals surface area contributed by atoms with E-state index in [9.17, 15) is 4.39 Å². The van der Waals surface area contributed by atoms with Crippen molar-refractivity contribution in [3.8, 4) is 17.2 Å². The third-order valence-corrected chi connectivity index (χ3v) is 3.11. The highest BCUT2D eigenvalue weighted by Crippen LogP contribution is 2.24. The largest absolute Gasteiger partial charge is 0.348 e. The lowest BCUT2D eigenvalue weighted by molar-refractivity contribution is 0.626. The Kier molecular flexibility index (Phi) is 2.67. The summed E-state index contributed by atoms with van der Waals surface area (Å²) in [5, 5.41) is 0. The van der Waals surface area contributed by atoms with Gasteiger partial charge in [0.25, 0.3) is 0 Å². The van der Waals surface area contributed by atoms with Gasteiger partial charge in [-0.1, -0.05) is 6.07 Å². The van der Waals surface area contributed by atoms with Crippen LogP contribution in [-0.2, 0) is 0 Å². The molecular weight excluding hydrogens is 243 g/mol. The zero-order chi connectivity index (χ0) is 13.4. The summed E-state index contributed by atoms with van der Waals surface area (Å²) in [5.74, 6) is 0.437. The molecule has 0 aliphatic carbocycles. The van der Waals surface area contributed by atoms with E-state index in [0.717, 1.165) is 22.6 Å². The van der Waals surface area contributed by atoms with Crippen molar-refractivity contribution in [2.45, 2.75) is 13.8 Å². The fraction of sp³-hybridized carbons (Fsp3) is 0.143. The highest BCUT2D eigenvalue weighted by atomic mass is 19.1. The van der Waals surface area contributed by atoms with Gasteiger partial charge < -0.3 is 4.98 Å². The first-order chi connectivity index (χ1) is 9.16. The Hall–Kier alpha value is -2.43. The Morgan fingerprint density at radius 3 is 2.79 bits per heavy atom. The monoisotopic (exact) mass is 256 g/mol. The number of nitrogens with zero attached hydrogens (tertiary/aromatic N) is 3. The van der Waals surface area contributed by atoms with Crippen LogP contribution >= 0.6 is 0 Å². The first-order valence-electron chi connectivity index (χ1n) is 5.97. The molecule has 0 atom stereocenters. The molecule has 0 fully saturated rings. The maximum atomic E-state index is 13.4. The van der Waals surface area contributed by atoms with E-state index in [-0.39, 0.29) is 5.82 Å². The van der Waals surface area contributed by atoms with E-state index in [2.05, 4.69) is 15.0 Å². The number of rotatable bonds is 2. The molecule has 4 nitrogen and oxygen atoms in total. The first kappa shape index (κ1) is 11.6. The molecule has 0 aliphatic rings. The summed E-state index contributed by atoms with van der Waals surface area (Å²) < 4.78 is 15.3. The minimum Gasteiger partial charge on any atom is -0.348 e. The van der Waals surface area contributed by atoms with Crippen LogP contribution in [0.15, 0.2) is 36.9 Å². The number of halogens is 1. The van der Waals surface area contributed by atoms with Crippen molar-refractivity contribution in [2.24, 2.45) is 0 Å². The van der Waals surface area contributed by atoms with Gasteiger partial charge >= 0.3 is 0 Å². The van der Waals surface area contributed by atoms with Crippen LogP contribution in [0.3, 0.4) is 0 Å². The molecule has 2 aromatic heterocycles. The highest BCUT2D eigenvalue weighted by molar-refractivity contribution is 5.57. The van der Waals surface area contributed by atoms with Crippen molar-refractivity contribution in [3.63, 3.8) is 0 Å². The Labute approximate surface area is 110 Å². The molecule has 2 heterocycles. The van der Waals surface area contributed by atoms with Crippen LogP contribution in [0.4, 0.5) is 4.39 Å². The van der Waals surface area contributed by atoms with Gasteiger partial charge in [-0.15, -0.1) is 0 Å². The lowest BCUT2D eigenvalue weighted by Gasteiger charge is -2.10. The topological polar surface area (TPSA) is 46.5 Å². The van der Waals surface area contributed by atoms with Crippen LogP contribution in [0, 0.1) is 19.7 Å². The third-order valence-electron chi connectivity index (χ3n) is 3.11. The van der Waals surface area contributed by atoms with Crippen molar-refractivity contribution in [2.75, 3.05) is 0 Å². The minimum absolute atomic E-state index is 0.265. The van der Waals surface area contributed by atoms with E-state index >= 15 is 0 Å². The van der Waals surface area contributed by atoms with E-state index < -0.39 is 0 Å². The molecule has 0 radical (unpaired) electrons. The molecule has 1 aromatic carbocycles. The molecule has 0 aliphatic heterocycles. The molecule has 5 heteroatoms. The summed E-state index contributed by atoms with van der Waals surface area (Å²) in [7, 11) is 0. The van der Waals surface area contributed by atoms with Gasteiger partial charge in [0, 0.05) is 18.1 Å². The standard InChI is InChI=1S/C14H13FN4/c1-9-3-4-11(15)7-12(9)19-6-5-16-14(19)13-10(2)17-8-18-13/h3-8H,1-2H3,(H,17,18). The Bertz CT molecular complexity index is 727. The fourth-order valence-corrected chi connectivity index (χ4v) is 2.10. The number of hydrogen-bond acceptors (Lipinski definition) is 2. The predicted molar refractivity (Wildman–Crippen MR) is 70.6 cm³/mol. The highest BCUT2D eigenvalue weighted by Gasteiger charge is 2.14. The molecule has 1 N–H and O–H groups in total. The number of benzene rings is 1.